The second kappa shape index (κ2) is 6.60. The lowest BCUT2D eigenvalue weighted by molar-refractivity contribution is 0.0993. The normalized spacial score (nSPS) is 13.1. The molecule has 0 aliphatic rings. The summed E-state index contributed by atoms with van der Waals surface area (Å²) < 4.78 is 1.75. The van der Waals surface area contributed by atoms with Gasteiger partial charge in [-0.25, -0.2) is 4.68 Å². The minimum atomic E-state index is -0.237. The van der Waals surface area contributed by atoms with E-state index in [2.05, 4.69) is 22.4 Å². The third kappa shape index (κ3) is 3.74. The molecule has 0 amide bonds. The average Bonchev–Trinajstić information content (AvgIpc) is 2.95. The molecule has 1 heterocycles. The van der Waals surface area contributed by atoms with E-state index < -0.39 is 0 Å². The lowest BCUT2D eigenvalue weighted by Gasteiger charge is -2.20. The molecule has 0 spiro atoms. The lowest BCUT2D eigenvalue weighted by atomic mass is 10.1. The molecule has 118 valence electrons. The molecule has 0 saturated heterocycles. The van der Waals surface area contributed by atoms with Crippen LogP contribution >= 0.6 is 11.8 Å². The number of Topliss-reactive ketones (excluding diaryl/α,β-unsaturated/α-hetero) is 1. The molecule has 1 unspecified atom stereocenters. The van der Waals surface area contributed by atoms with Gasteiger partial charge >= 0.3 is 0 Å². The van der Waals surface area contributed by atoms with Crippen LogP contribution in [0.25, 0.3) is 0 Å². The first-order chi connectivity index (χ1) is 10.3. The highest BCUT2D eigenvalue weighted by Crippen LogP contribution is 2.27. The number of hydrogen-bond donors (Lipinski definition) is 0. The van der Waals surface area contributed by atoms with Crippen LogP contribution in [0.4, 0.5) is 0 Å². The van der Waals surface area contributed by atoms with E-state index in [4.69, 9.17) is 0 Å². The number of carbonyl (C=O) groups is 1. The molecular weight excluding hydrogens is 296 g/mol. The van der Waals surface area contributed by atoms with Gasteiger partial charge in [-0.1, -0.05) is 43.0 Å². The van der Waals surface area contributed by atoms with Gasteiger partial charge in [-0.05, 0) is 50.1 Å². The molecule has 0 aliphatic carbocycles. The quantitative estimate of drug-likeness (QED) is 0.625. The number of carbonyl (C=O) groups excluding carboxylic acids is 1. The third-order valence-electron chi connectivity index (χ3n) is 3.37. The fourth-order valence-electron chi connectivity index (χ4n) is 2.02. The molecule has 0 saturated carbocycles. The molecule has 1 atom stereocenters. The second-order valence-corrected chi connectivity index (χ2v) is 7.53. The van der Waals surface area contributed by atoms with E-state index in [-0.39, 0.29) is 16.6 Å². The summed E-state index contributed by atoms with van der Waals surface area (Å²) in [5.41, 5.74) is 1.75. The van der Waals surface area contributed by atoms with E-state index in [0.717, 1.165) is 12.0 Å². The number of hydrogen-bond acceptors (Lipinski definition) is 5. The minimum absolute atomic E-state index is 0.0936. The van der Waals surface area contributed by atoms with Crippen LogP contribution in [0.3, 0.4) is 0 Å². The largest absolute Gasteiger partial charge is 0.293 e. The van der Waals surface area contributed by atoms with E-state index in [1.54, 1.807) is 4.68 Å². The summed E-state index contributed by atoms with van der Waals surface area (Å²) >= 11 is 1.39. The Morgan fingerprint density at radius 3 is 2.45 bits per heavy atom. The molecule has 1 aromatic carbocycles. The molecule has 6 heteroatoms. The number of tetrazole rings is 1. The molecule has 0 bridgehead atoms. The fourth-order valence-corrected chi connectivity index (χ4v) is 3.08. The zero-order valence-corrected chi connectivity index (χ0v) is 14.5. The molecule has 22 heavy (non-hydrogen) atoms. The van der Waals surface area contributed by atoms with Crippen molar-refractivity contribution in [3.63, 3.8) is 0 Å². The van der Waals surface area contributed by atoms with Gasteiger partial charge in [0.05, 0.1) is 10.8 Å². The maximum atomic E-state index is 12.5. The Morgan fingerprint density at radius 1 is 1.27 bits per heavy atom. The number of aryl methyl sites for hydroxylation is 1. The average molecular weight is 318 g/mol. The number of nitrogens with zero attached hydrogens (tertiary/aromatic N) is 4. The Morgan fingerprint density at radius 2 is 1.91 bits per heavy atom. The number of rotatable bonds is 5. The summed E-state index contributed by atoms with van der Waals surface area (Å²) in [6.07, 6.45) is 0.971. The van der Waals surface area contributed by atoms with Gasteiger partial charge in [0.25, 0.3) is 0 Å². The first-order valence-corrected chi connectivity index (χ1v) is 8.29. The van der Waals surface area contributed by atoms with Crippen LogP contribution in [0.2, 0.25) is 0 Å². The molecule has 1 aromatic heterocycles. The van der Waals surface area contributed by atoms with Gasteiger partial charge in [0.1, 0.15) is 0 Å². The van der Waals surface area contributed by atoms with E-state index >= 15 is 0 Å². The van der Waals surface area contributed by atoms with Crippen LogP contribution in [0.5, 0.6) is 0 Å². The van der Waals surface area contributed by atoms with Crippen molar-refractivity contribution in [1.29, 1.82) is 0 Å². The zero-order chi connectivity index (χ0) is 16.3. The number of benzene rings is 1. The highest BCUT2D eigenvalue weighted by atomic mass is 32.2. The molecule has 2 aromatic rings. The van der Waals surface area contributed by atoms with Crippen LogP contribution in [0.1, 0.15) is 50.5 Å². The van der Waals surface area contributed by atoms with E-state index in [0.29, 0.717) is 5.16 Å². The van der Waals surface area contributed by atoms with Gasteiger partial charge in [0.2, 0.25) is 5.16 Å². The van der Waals surface area contributed by atoms with Crippen LogP contribution in [0.15, 0.2) is 29.4 Å². The van der Waals surface area contributed by atoms with Gasteiger partial charge < -0.3 is 0 Å². The van der Waals surface area contributed by atoms with Crippen molar-refractivity contribution >= 4 is 17.5 Å². The minimum Gasteiger partial charge on any atom is -0.293 e. The van der Waals surface area contributed by atoms with E-state index in [1.807, 2.05) is 52.0 Å². The Hall–Kier alpha value is -1.69. The molecule has 0 N–H and O–H groups in total. The van der Waals surface area contributed by atoms with Crippen molar-refractivity contribution in [1.82, 2.24) is 20.2 Å². The van der Waals surface area contributed by atoms with Gasteiger partial charge in [-0.3, -0.25) is 4.79 Å². The molecule has 0 aliphatic heterocycles. The molecule has 0 fully saturated rings. The van der Waals surface area contributed by atoms with E-state index in [1.165, 1.54) is 17.3 Å². The number of aromatic nitrogens is 4. The van der Waals surface area contributed by atoms with Crippen molar-refractivity contribution in [2.45, 2.75) is 57.0 Å². The summed E-state index contributed by atoms with van der Waals surface area (Å²) in [6, 6.07) is 7.80. The van der Waals surface area contributed by atoms with Crippen LogP contribution < -0.4 is 0 Å². The molecular formula is C16H22N4OS. The van der Waals surface area contributed by atoms with Crippen molar-refractivity contribution in [2.75, 3.05) is 0 Å². The Kier molecular flexibility index (Phi) is 5.01. The van der Waals surface area contributed by atoms with Gasteiger partial charge in [-0.2, -0.15) is 0 Å². The van der Waals surface area contributed by atoms with Crippen LogP contribution in [0, 0.1) is 0 Å². The first-order valence-electron chi connectivity index (χ1n) is 7.41. The zero-order valence-electron chi connectivity index (χ0n) is 13.7. The second-order valence-electron chi connectivity index (χ2n) is 6.22. The summed E-state index contributed by atoms with van der Waals surface area (Å²) in [7, 11) is 0. The standard InChI is InChI=1S/C16H22N4OS/c1-6-12-7-9-13(10-8-12)14(21)11(2)22-15-17-18-19-20(15)16(3,4)5/h7-11H,6H2,1-5H3. The lowest BCUT2D eigenvalue weighted by Crippen LogP contribution is -2.25. The Balaban J connectivity index is 2.13. The van der Waals surface area contributed by atoms with Crippen molar-refractivity contribution in [3.8, 4) is 0 Å². The van der Waals surface area contributed by atoms with Crippen LogP contribution in [-0.4, -0.2) is 31.2 Å². The summed E-state index contributed by atoms with van der Waals surface area (Å²) in [4.78, 5) is 12.5. The number of thioether (sulfide) groups is 1. The van der Waals surface area contributed by atoms with Gasteiger partial charge in [0, 0.05) is 5.56 Å². The fraction of sp³-hybridized carbons (Fsp3) is 0.500. The SMILES string of the molecule is CCc1ccc(C(=O)C(C)Sc2nnnn2C(C)(C)C)cc1. The van der Waals surface area contributed by atoms with Crippen LogP contribution in [-0.2, 0) is 12.0 Å². The smallest absolute Gasteiger partial charge is 0.210 e. The summed E-state index contributed by atoms with van der Waals surface area (Å²) in [6.45, 7) is 10.1. The summed E-state index contributed by atoms with van der Waals surface area (Å²) in [5.74, 6) is 0.0936. The monoisotopic (exact) mass is 318 g/mol. The predicted octanol–water partition coefficient (Wildman–Crippen LogP) is 3.35. The topological polar surface area (TPSA) is 60.7 Å². The maximum Gasteiger partial charge on any atom is 0.210 e. The molecule has 2 rings (SSSR count). The predicted molar refractivity (Wildman–Crippen MR) is 88.3 cm³/mol. The van der Waals surface area contributed by atoms with Crippen molar-refractivity contribution in [3.05, 3.63) is 35.4 Å². The van der Waals surface area contributed by atoms with E-state index in [9.17, 15) is 4.79 Å². The molecule has 0 radical (unpaired) electrons. The Bertz CT molecular complexity index is 643. The highest BCUT2D eigenvalue weighted by molar-refractivity contribution is 8.00. The summed E-state index contributed by atoms with van der Waals surface area (Å²) in [5, 5.41) is 12.2. The maximum absolute atomic E-state index is 12.5. The Labute approximate surface area is 135 Å². The van der Waals surface area contributed by atoms with Gasteiger partial charge in [0.15, 0.2) is 5.78 Å². The third-order valence-corrected chi connectivity index (χ3v) is 4.41. The van der Waals surface area contributed by atoms with Gasteiger partial charge in [-0.15, -0.1) is 5.10 Å². The molecule has 5 nitrogen and oxygen atoms in total. The van der Waals surface area contributed by atoms with Crippen molar-refractivity contribution < 1.29 is 4.79 Å². The highest BCUT2D eigenvalue weighted by Gasteiger charge is 2.24. The number of ketones is 1. The van der Waals surface area contributed by atoms with Crippen molar-refractivity contribution in [2.24, 2.45) is 0 Å². The first kappa shape index (κ1) is 16.7.